The highest BCUT2D eigenvalue weighted by molar-refractivity contribution is 8.26. The fourth-order valence-corrected chi connectivity index (χ4v) is 2.61. The second-order valence-corrected chi connectivity index (χ2v) is 5.32. The van der Waals surface area contributed by atoms with Crippen molar-refractivity contribution in [2.75, 3.05) is 7.11 Å². The minimum absolute atomic E-state index is 0.667. The van der Waals surface area contributed by atoms with Gasteiger partial charge in [0.1, 0.15) is 11.5 Å². The molecule has 1 unspecified atom stereocenters. The Morgan fingerprint density at radius 3 is 2.12 bits per heavy atom. The molecule has 0 spiro atoms. The monoisotopic (exact) mass is 264 g/mol. The molecule has 0 aliphatic heterocycles. The molecular formula is C13H12O2S2. The van der Waals surface area contributed by atoms with E-state index < -0.39 is 9.74 Å². The number of hydrogen-bond donors (Lipinski definition) is 0. The maximum atomic E-state index is 5.68. The van der Waals surface area contributed by atoms with E-state index in [1.54, 1.807) is 7.11 Å². The first-order valence-electron chi connectivity index (χ1n) is 5.09. The van der Waals surface area contributed by atoms with Gasteiger partial charge in [0.2, 0.25) is 0 Å². The molecule has 4 heteroatoms. The standard InChI is InChI=1S/C13H12O2S2/c1-14-11-7-9-13(10-8-11)17(16)15-12-5-3-2-4-6-12/h2-10H,1H3. The van der Waals surface area contributed by atoms with Crippen LogP contribution in [0, 0.1) is 0 Å². The molecule has 0 aliphatic carbocycles. The molecule has 0 amide bonds. The van der Waals surface area contributed by atoms with E-state index in [9.17, 15) is 0 Å². The van der Waals surface area contributed by atoms with Crippen molar-refractivity contribution >= 4 is 20.9 Å². The summed E-state index contributed by atoms with van der Waals surface area (Å²) in [5.41, 5.74) is 0. The summed E-state index contributed by atoms with van der Waals surface area (Å²) in [4.78, 5) is 0.977. The van der Waals surface area contributed by atoms with Crippen LogP contribution in [0.3, 0.4) is 0 Å². The molecule has 0 radical (unpaired) electrons. The van der Waals surface area contributed by atoms with Crippen molar-refractivity contribution in [1.29, 1.82) is 0 Å². The maximum absolute atomic E-state index is 5.68. The van der Waals surface area contributed by atoms with E-state index in [1.807, 2.05) is 54.6 Å². The second-order valence-electron chi connectivity index (χ2n) is 3.31. The number of rotatable bonds is 4. The third-order valence-electron chi connectivity index (χ3n) is 2.17. The first kappa shape index (κ1) is 12.1. The van der Waals surface area contributed by atoms with Gasteiger partial charge < -0.3 is 8.92 Å². The van der Waals surface area contributed by atoms with Crippen LogP contribution in [0.1, 0.15) is 0 Å². The molecule has 2 aromatic rings. The largest absolute Gasteiger partial charge is 0.497 e. The Hall–Kier alpha value is -1.39. The molecule has 0 fully saturated rings. The summed E-state index contributed by atoms with van der Waals surface area (Å²) in [6.07, 6.45) is 0. The van der Waals surface area contributed by atoms with Crippen molar-refractivity contribution in [3.63, 3.8) is 0 Å². The van der Waals surface area contributed by atoms with Gasteiger partial charge in [0.05, 0.1) is 16.8 Å². The summed E-state index contributed by atoms with van der Waals surface area (Å²) in [7, 11) is 0.975. The van der Waals surface area contributed by atoms with Gasteiger partial charge >= 0.3 is 0 Å². The number of ether oxygens (including phenoxy) is 1. The molecule has 0 bridgehead atoms. The van der Waals surface area contributed by atoms with Gasteiger partial charge in [0, 0.05) is 4.90 Å². The number of hydrogen-bond acceptors (Lipinski definition) is 3. The molecule has 0 aliphatic rings. The lowest BCUT2D eigenvalue weighted by Crippen LogP contribution is -1.99. The first-order valence-corrected chi connectivity index (χ1v) is 7.16. The topological polar surface area (TPSA) is 18.5 Å². The van der Waals surface area contributed by atoms with Crippen LogP contribution < -0.4 is 8.92 Å². The van der Waals surface area contributed by atoms with Crippen LogP contribution in [0.5, 0.6) is 11.5 Å². The molecule has 0 N–H and O–H groups in total. The van der Waals surface area contributed by atoms with Gasteiger partial charge in [0.15, 0.2) is 0 Å². The van der Waals surface area contributed by atoms with Gasteiger partial charge in [-0.25, -0.2) is 0 Å². The van der Waals surface area contributed by atoms with E-state index in [0.29, 0.717) is 0 Å². The molecule has 0 heterocycles. The molecule has 0 aromatic heterocycles. The molecule has 17 heavy (non-hydrogen) atoms. The van der Waals surface area contributed by atoms with E-state index in [4.69, 9.17) is 20.1 Å². The Labute approximate surface area is 108 Å². The van der Waals surface area contributed by atoms with Gasteiger partial charge in [-0.2, -0.15) is 0 Å². The third-order valence-corrected chi connectivity index (χ3v) is 3.95. The highest BCUT2D eigenvalue weighted by atomic mass is 32.8. The summed E-state index contributed by atoms with van der Waals surface area (Å²) in [5, 5.41) is 0. The van der Waals surface area contributed by atoms with Crippen LogP contribution in [0.15, 0.2) is 59.5 Å². The minimum atomic E-state index is -0.667. The van der Waals surface area contributed by atoms with Gasteiger partial charge in [-0.15, -0.1) is 0 Å². The molecule has 2 rings (SSSR count). The lowest BCUT2D eigenvalue weighted by atomic mass is 10.3. The van der Waals surface area contributed by atoms with Crippen LogP contribution in [0.25, 0.3) is 0 Å². The normalized spacial score (nSPS) is 11.8. The Balaban J connectivity index is 2.09. The lowest BCUT2D eigenvalue weighted by molar-refractivity contribution is 0.414. The Morgan fingerprint density at radius 1 is 0.882 bits per heavy atom. The molecule has 2 aromatic carbocycles. The average molecular weight is 264 g/mol. The highest BCUT2D eigenvalue weighted by Gasteiger charge is 2.02. The summed E-state index contributed by atoms with van der Waals surface area (Å²) in [6, 6.07) is 17.2. The zero-order valence-electron chi connectivity index (χ0n) is 9.33. The average Bonchev–Trinajstić information content (AvgIpc) is 2.40. The van der Waals surface area contributed by atoms with E-state index >= 15 is 0 Å². The van der Waals surface area contributed by atoms with Crippen molar-refractivity contribution in [2.24, 2.45) is 0 Å². The minimum Gasteiger partial charge on any atom is -0.497 e. The fourth-order valence-electron chi connectivity index (χ4n) is 1.30. The van der Waals surface area contributed by atoms with E-state index in [0.717, 1.165) is 16.4 Å². The summed E-state index contributed by atoms with van der Waals surface area (Å²) >= 11 is 5.33. The van der Waals surface area contributed by atoms with Crippen LogP contribution in [-0.2, 0) is 20.9 Å². The van der Waals surface area contributed by atoms with Crippen molar-refractivity contribution in [3.8, 4) is 11.5 Å². The second kappa shape index (κ2) is 5.80. The van der Waals surface area contributed by atoms with Crippen molar-refractivity contribution < 1.29 is 8.92 Å². The molecule has 0 saturated heterocycles. The van der Waals surface area contributed by atoms with Crippen molar-refractivity contribution in [2.45, 2.75) is 4.90 Å². The van der Waals surface area contributed by atoms with Gasteiger partial charge in [0.25, 0.3) is 0 Å². The SMILES string of the molecule is COc1ccc(S(=S)Oc2ccccc2)cc1. The predicted octanol–water partition coefficient (Wildman–Crippen LogP) is 3.13. The molecular weight excluding hydrogens is 252 g/mol. The molecule has 1 atom stereocenters. The zero-order chi connectivity index (χ0) is 12.1. The van der Waals surface area contributed by atoms with Crippen molar-refractivity contribution in [3.05, 3.63) is 54.6 Å². The quantitative estimate of drug-likeness (QED) is 0.845. The van der Waals surface area contributed by atoms with Crippen LogP contribution in [-0.4, -0.2) is 7.11 Å². The zero-order valence-corrected chi connectivity index (χ0v) is 11.0. The van der Waals surface area contributed by atoms with E-state index in [2.05, 4.69) is 0 Å². The summed E-state index contributed by atoms with van der Waals surface area (Å²) < 4.78 is 10.8. The highest BCUT2D eigenvalue weighted by Crippen LogP contribution is 2.18. The predicted molar refractivity (Wildman–Crippen MR) is 73.1 cm³/mol. The lowest BCUT2D eigenvalue weighted by Gasteiger charge is -2.08. The van der Waals surface area contributed by atoms with E-state index in [1.165, 1.54) is 0 Å². The number of para-hydroxylation sites is 1. The van der Waals surface area contributed by atoms with E-state index in [-0.39, 0.29) is 0 Å². The third kappa shape index (κ3) is 3.28. The van der Waals surface area contributed by atoms with Gasteiger partial charge in [-0.05, 0) is 47.6 Å². The Morgan fingerprint density at radius 2 is 1.53 bits per heavy atom. The smallest absolute Gasteiger partial charge is 0.138 e. The Kier molecular flexibility index (Phi) is 4.12. The maximum Gasteiger partial charge on any atom is 0.138 e. The molecule has 88 valence electrons. The summed E-state index contributed by atoms with van der Waals surface area (Å²) in [6.45, 7) is 0. The van der Waals surface area contributed by atoms with Crippen LogP contribution >= 0.6 is 0 Å². The molecule has 2 nitrogen and oxygen atoms in total. The van der Waals surface area contributed by atoms with Gasteiger partial charge in [-0.1, -0.05) is 18.2 Å². The number of methoxy groups -OCH3 is 1. The Bertz CT molecular complexity index is 495. The first-order chi connectivity index (χ1) is 8.29. The van der Waals surface area contributed by atoms with Crippen molar-refractivity contribution in [1.82, 2.24) is 0 Å². The summed E-state index contributed by atoms with van der Waals surface area (Å²) in [5.74, 6) is 1.61. The van der Waals surface area contributed by atoms with Gasteiger partial charge in [-0.3, -0.25) is 0 Å². The fraction of sp³-hybridized carbons (Fsp3) is 0.0769. The number of benzene rings is 2. The van der Waals surface area contributed by atoms with Crippen LogP contribution in [0.4, 0.5) is 0 Å². The molecule has 0 saturated carbocycles. The van der Waals surface area contributed by atoms with Crippen LogP contribution in [0.2, 0.25) is 0 Å².